The van der Waals surface area contributed by atoms with Crippen molar-refractivity contribution in [2.24, 2.45) is 11.7 Å². The van der Waals surface area contributed by atoms with Crippen LogP contribution in [0.15, 0.2) is 18.2 Å². The monoisotopic (exact) mass is 343 g/mol. The van der Waals surface area contributed by atoms with Crippen molar-refractivity contribution in [2.75, 3.05) is 26.7 Å². The molecule has 0 bridgehead atoms. The number of benzene rings is 1. The third-order valence-corrected chi connectivity index (χ3v) is 4.24. The van der Waals surface area contributed by atoms with Crippen LogP contribution in [0, 0.1) is 5.92 Å². The van der Waals surface area contributed by atoms with Gasteiger partial charge in [0.25, 0.3) is 0 Å². The minimum absolute atomic E-state index is 0.0128. The van der Waals surface area contributed by atoms with E-state index in [1.807, 2.05) is 4.90 Å². The van der Waals surface area contributed by atoms with Gasteiger partial charge >= 0.3 is 0 Å². The molecule has 2 rings (SSSR count). The summed E-state index contributed by atoms with van der Waals surface area (Å²) in [5, 5.41) is 1.10. The second-order valence-corrected chi connectivity index (χ2v) is 6.52. The molecular weight excluding hydrogens is 325 g/mol. The van der Waals surface area contributed by atoms with Gasteiger partial charge in [0.1, 0.15) is 0 Å². The molecule has 0 aliphatic carbocycles. The molecule has 2 amide bonds. The Balaban J connectivity index is 1.88. The molecule has 1 heterocycles. The van der Waals surface area contributed by atoms with Gasteiger partial charge in [-0.05, 0) is 36.7 Å². The molecular formula is C15H19Cl2N3O2. The van der Waals surface area contributed by atoms with Crippen molar-refractivity contribution < 1.29 is 9.59 Å². The first-order valence-electron chi connectivity index (χ1n) is 7.05. The fourth-order valence-corrected chi connectivity index (χ4v) is 3.16. The molecule has 1 aromatic carbocycles. The molecule has 1 fully saturated rings. The third-order valence-electron chi connectivity index (χ3n) is 3.80. The fraction of sp³-hybridized carbons (Fsp3) is 0.467. The Labute approximate surface area is 139 Å². The molecule has 120 valence electrons. The number of halogens is 2. The molecule has 5 nitrogen and oxygen atoms in total. The molecule has 7 heteroatoms. The van der Waals surface area contributed by atoms with E-state index in [0.29, 0.717) is 23.1 Å². The van der Waals surface area contributed by atoms with Crippen LogP contribution in [0.3, 0.4) is 0 Å². The zero-order valence-electron chi connectivity index (χ0n) is 12.4. The zero-order chi connectivity index (χ0) is 16.3. The Kier molecular flexibility index (Phi) is 5.67. The Bertz CT molecular complexity index is 560. The normalized spacial score (nSPS) is 18.4. The molecule has 0 radical (unpaired) electrons. The van der Waals surface area contributed by atoms with E-state index in [2.05, 4.69) is 0 Å². The van der Waals surface area contributed by atoms with Crippen molar-refractivity contribution in [3.8, 4) is 0 Å². The predicted octanol–water partition coefficient (Wildman–Crippen LogP) is 1.76. The lowest BCUT2D eigenvalue weighted by atomic mass is 10.1. The molecule has 0 spiro atoms. The van der Waals surface area contributed by atoms with E-state index < -0.39 is 0 Å². The lowest BCUT2D eigenvalue weighted by molar-refractivity contribution is -0.131. The maximum atomic E-state index is 12.3. The summed E-state index contributed by atoms with van der Waals surface area (Å²) < 4.78 is 0. The van der Waals surface area contributed by atoms with Gasteiger partial charge in [-0.1, -0.05) is 23.2 Å². The number of carbonyl (C=O) groups excluding carboxylic acids is 2. The molecule has 1 aromatic rings. The molecule has 0 saturated carbocycles. The summed E-state index contributed by atoms with van der Waals surface area (Å²) in [5.74, 6) is -0.456. The minimum atomic E-state index is -0.295. The second-order valence-electron chi connectivity index (χ2n) is 5.65. The van der Waals surface area contributed by atoms with Gasteiger partial charge in [0.2, 0.25) is 11.8 Å². The van der Waals surface area contributed by atoms with Crippen LogP contribution in [0.4, 0.5) is 0 Å². The van der Waals surface area contributed by atoms with E-state index in [4.69, 9.17) is 28.9 Å². The first-order valence-corrected chi connectivity index (χ1v) is 7.81. The Morgan fingerprint density at radius 1 is 1.32 bits per heavy atom. The van der Waals surface area contributed by atoms with Gasteiger partial charge in [-0.25, -0.2) is 0 Å². The van der Waals surface area contributed by atoms with E-state index in [0.717, 1.165) is 18.5 Å². The minimum Gasteiger partial charge on any atom is -0.369 e. The van der Waals surface area contributed by atoms with Gasteiger partial charge in [0.15, 0.2) is 0 Å². The van der Waals surface area contributed by atoms with Crippen LogP contribution in [0.1, 0.15) is 12.0 Å². The van der Waals surface area contributed by atoms with Gasteiger partial charge in [-0.15, -0.1) is 0 Å². The highest BCUT2D eigenvalue weighted by Crippen LogP contribution is 2.20. The topological polar surface area (TPSA) is 66.6 Å². The van der Waals surface area contributed by atoms with Gasteiger partial charge in [0.05, 0.1) is 12.5 Å². The number of carbonyl (C=O) groups is 2. The lowest BCUT2D eigenvalue weighted by Gasteiger charge is -2.21. The third kappa shape index (κ3) is 4.60. The molecule has 1 unspecified atom stereocenters. The van der Waals surface area contributed by atoms with Gasteiger partial charge in [-0.2, -0.15) is 0 Å². The predicted molar refractivity (Wildman–Crippen MR) is 86.7 cm³/mol. The van der Waals surface area contributed by atoms with Crippen LogP contribution in [-0.2, 0) is 16.1 Å². The number of likely N-dealkylation sites (tertiary alicyclic amines) is 1. The second kappa shape index (κ2) is 7.31. The highest BCUT2D eigenvalue weighted by molar-refractivity contribution is 6.34. The Hall–Kier alpha value is -1.30. The van der Waals surface area contributed by atoms with Crippen molar-refractivity contribution in [1.29, 1.82) is 0 Å². The van der Waals surface area contributed by atoms with E-state index in [9.17, 15) is 9.59 Å². The lowest BCUT2D eigenvalue weighted by Crippen LogP contribution is -2.37. The average Bonchev–Trinajstić information content (AvgIpc) is 2.86. The highest BCUT2D eigenvalue weighted by Gasteiger charge is 2.28. The maximum Gasteiger partial charge on any atom is 0.236 e. The number of likely N-dealkylation sites (N-methyl/N-ethyl adjacent to an activating group) is 1. The summed E-state index contributed by atoms with van der Waals surface area (Å²) in [6, 6.07) is 5.23. The standard InChI is InChI=1S/C15H19Cl2N3O2/c1-19(7-10-4-12(16)6-13(17)5-10)14(21)9-20-3-2-11(8-20)15(18)22/h4-6,11H,2-3,7-9H2,1H3,(H2,18,22). The van der Waals surface area contributed by atoms with Crippen molar-refractivity contribution in [3.63, 3.8) is 0 Å². The van der Waals surface area contributed by atoms with Gasteiger partial charge < -0.3 is 10.6 Å². The SMILES string of the molecule is CN(Cc1cc(Cl)cc(Cl)c1)C(=O)CN1CCC(C(N)=O)C1. The molecule has 1 aliphatic rings. The number of rotatable bonds is 5. The molecule has 0 aromatic heterocycles. The number of primary amides is 1. The van der Waals surface area contributed by atoms with Crippen molar-refractivity contribution >= 4 is 35.0 Å². The zero-order valence-corrected chi connectivity index (χ0v) is 13.9. The van der Waals surface area contributed by atoms with E-state index in [1.165, 1.54) is 0 Å². The van der Waals surface area contributed by atoms with Crippen LogP contribution in [0.25, 0.3) is 0 Å². The fourth-order valence-electron chi connectivity index (χ4n) is 2.58. The summed E-state index contributed by atoms with van der Waals surface area (Å²) in [6.45, 7) is 1.99. The van der Waals surface area contributed by atoms with Crippen molar-refractivity contribution in [3.05, 3.63) is 33.8 Å². The first-order chi connectivity index (χ1) is 10.3. The number of nitrogens with two attached hydrogens (primary N) is 1. The van der Waals surface area contributed by atoms with Crippen molar-refractivity contribution in [1.82, 2.24) is 9.80 Å². The van der Waals surface area contributed by atoms with Gasteiger partial charge in [0, 0.05) is 30.2 Å². The summed E-state index contributed by atoms with van der Waals surface area (Å²) in [6.07, 6.45) is 0.718. The summed E-state index contributed by atoms with van der Waals surface area (Å²) in [5.41, 5.74) is 6.17. The molecule has 22 heavy (non-hydrogen) atoms. The van der Waals surface area contributed by atoms with Crippen LogP contribution >= 0.6 is 23.2 Å². The average molecular weight is 344 g/mol. The van der Waals surface area contributed by atoms with E-state index in [1.54, 1.807) is 30.1 Å². The maximum absolute atomic E-state index is 12.3. The first kappa shape index (κ1) is 17.1. The number of hydrogen-bond acceptors (Lipinski definition) is 3. The Morgan fingerprint density at radius 3 is 2.50 bits per heavy atom. The van der Waals surface area contributed by atoms with Crippen molar-refractivity contribution in [2.45, 2.75) is 13.0 Å². The number of hydrogen-bond donors (Lipinski definition) is 1. The smallest absolute Gasteiger partial charge is 0.236 e. The molecule has 1 saturated heterocycles. The van der Waals surface area contributed by atoms with Crippen LogP contribution in [0.2, 0.25) is 10.0 Å². The number of nitrogens with zero attached hydrogens (tertiary/aromatic N) is 2. The quantitative estimate of drug-likeness (QED) is 0.885. The number of amides is 2. The van der Waals surface area contributed by atoms with E-state index in [-0.39, 0.29) is 24.3 Å². The molecule has 1 aliphatic heterocycles. The van der Waals surface area contributed by atoms with Crippen LogP contribution in [-0.4, -0.2) is 48.3 Å². The summed E-state index contributed by atoms with van der Waals surface area (Å²) in [7, 11) is 1.73. The summed E-state index contributed by atoms with van der Waals surface area (Å²) >= 11 is 11.9. The van der Waals surface area contributed by atoms with Crippen LogP contribution < -0.4 is 5.73 Å². The highest BCUT2D eigenvalue weighted by atomic mass is 35.5. The molecule has 2 N–H and O–H groups in total. The molecule has 1 atom stereocenters. The van der Waals surface area contributed by atoms with Crippen LogP contribution in [0.5, 0.6) is 0 Å². The Morgan fingerprint density at radius 2 is 1.95 bits per heavy atom. The van der Waals surface area contributed by atoms with E-state index >= 15 is 0 Å². The van der Waals surface area contributed by atoms with Gasteiger partial charge in [-0.3, -0.25) is 14.5 Å². The summed E-state index contributed by atoms with van der Waals surface area (Å²) in [4.78, 5) is 27.0. The largest absolute Gasteiger partial charge is 0.369 e.